The summed E-state index contributed by atoms with van der Waals surface area (Å²) in [4.78, 5) is 33.4. The first kappa shape index (κ1) is 24.2. The Labute approximate surface area is 225 Å². The summed E-state index contributed by atoms with van der Waals surface area (Å²) in [5.74, 6) is 1.41. The molecule has 1 aliphatic carbocycles. The van der Waals surface area contributed by atoms with Crippen molar-refractivity contribution in [3.05, 3.63) is 103 Å². The van der Waals surface area contributed by atoms with Gasteiger partial charge in [0.1, 0.15) is 17.8 Å². The van der Waals surface area contributed by atoms with E-state index in [2.05, 4.69) is 20.9 Å². The summed E-state index contributed by atoms with van der Waals surface area (Å²) >= 11 is 3.47. The predicted molar refractivity (Wildman–Crippen MR) is 150 cm³/mol. The van der Waals surface area contributed by atoms with Gasteiger partial charge in [0.15, 0.2) is 0 Å². The molecule has 0 spiro atoms. The van der Waals surface area contributed by atoms with Crippen molar-refractivity contribution in [1.29, 1.82) is 0 Å². The van der Waals surface area contributed by atoms with E-state index < -0.39 is 4.92 Å². The summed E-state index contributed by atoms with van der Waals surface area (Å²) < 4.78 is 4.13. The minimum Gasteiger partial charge on any atom is -0.301 e. The summed E-state index contributed by atoms with van der Waals surface area (Å²) in [6.07, 6.45) is 10.2. The van der Waals surface area contributed by atoms with Gasteiger partial charge in [-0.1, -0.05) is 53.4 Å². The molecule has 0 bridgehead atoms. The molecule has 9 nitrogen and oxygen atoms in total. The zero-order valence-corrected chi connectivity index (χ0v) is 21.9. The van der Waals surface area contributed by atoms with Gasteiger partial charge in [-0.25, -0.2) is 9.97 Å². The van der Waals surface area contributed by atoms with E-state index in [4.69, 9.17) is 10.1 Å². The summed E-state index contributed by atoms with van der Waals surface area (Å²) in [6, 6.07) is 16.4. The van der Waals surface area contributed by atoms with Crippen LogP contribution >= 0.6 is 15.9 Å². The van der Waals surface area contributed by atoms with Crippen LogP contribution in [0.15, 0.2) is 81.4 Å². The monoisotopic (exact) mass is 570 g/mol. The van der Waals surface area contributed by atoms with Crippen LogP contribution in [-0.4, -0.2) is 30.3 Å². The van der Waals surface area contributed by atoms with Crippen LogP contribution in [0.25, 0.3) is 27.6 Å². The van der Waals surface area contributed by atoms with Gasteiger partial charge in [-0.3, -0.25) is 14.9 Å². The van der Waals surface area contributed by atoms with Gasteiger partial charge < -0.3 is 4.57 Å². The molecule has 1 saturated carbocycles. The van der Waals surface area contributed by atoms with E-state index in [1.165, 1.54) is 23.4 Å². The number of aromatic nitrogens is 4. The average Bonchev–Trinajstić information content (AvgIpc) is 3.32. The Morgan fingerprint density at radius 3 is 2.63 bits per heavy atom. The van der Waals surface area contributed by atoms with Crippen molar-refractivity contribution in [3.8, 4) is 5.82 Å². The molecule has 38 heavy (non-hydrogen) atoms. The van der Waals surface area contributed by atoms with E-state index in [0.717, 1.165) is 46.6 Å². The Kier molecular flexibility index (Phi) is 6.32. The molecular formula is C28H23BrN6O3. The van der Waals surface area contributed by atoms with Crippen LogP contribution in [0.2, 0.25) is 0 Å². The molecular weight excluding hydrogens is 548 g/mol. The maximum absolute atomic E-state index is 13.7. The van der Waals surface area contributed by atoms with E-state index in [9.17, 15) is 14.9 Å². The molecule has 0 radical (unpaired) electrons. The second-order valence-electron chi connectivity index (χ2n) is 9.43. The summed E-state index contributed by atoms with van der Waals surface area (Å²) in [7, 11) is 0. The SMILES string of the molecule is O=c1c2cc(Br)ccc2nc(C2CCCCC2)n1N=Cc1cn(-c2ccc([N+](=O)[O-])cn2)c2ccccc12. The van der Waals surface area contributed by atoms with Crippen molar-refractivity contribution < 1.29 is 4.92 Å². The van der Waals surface area contributed by atoms with Crippen molar-refractivity contribution in [3.63, 3.8) is 0 Å². The molecule has 0 saturated heterocycles. The number of pyridine rings is 1. The Morgan fingerprint density at radius 2 is 1.87 bits per heavy atom. The van der Waals surface area contributed by atoms with Gasteiger partial charge in [0.2, 0.25) is 0 Å². The van der Waals surface area contributed by atoms with Gasteiger partial charge in [0, 0.05) is 33.6 Å². The molecule has 0 atom stereocenters. The molecule has 0 amide bonds. The molecule has 3 heterocycles. The summed E-state index contributed by atoms with van der Waals surface area (Å²) in [6.45, 7) is 0. The Bertz CT molecular complexity index is 1770. The second-order valence-corrected chi connectivity index (χ2v) is 10.3. The van der Waals surface area contributed by atoms with Crippen LogP contribution in [0.4, 0.5) is 5.69 Å². The lowest BCUT2D eigenvalue weighted by Crippen LogP contribution is -2.25. The first-order chi connectivity index (χ1) is 18.5. The zero-order valence-electron chi connectivity index (χ0n) is 20.3. The minimum atomic E-state index is -0.472. The molecule has 0 unspecified atom stereocenters. The van der Waals surface area contributed by atoms with Crippen LogP contribution in [0.5, 0.6) is 0 Å². The number of hydrogen-bond donors (Lipinski definition) is 0. The maximum atomic E-state index is 13.7. The lowest BCUT2D eigenvalue weighted by Gasteiger charge is -2.22. The first-order valence-electron chi connectivity index (χ1n) is 12.5. The molecule has 5 aromatic rings. The Balaban J connectivity index is 1.48. The number of benzene rings is 2. The highest BCUT2D eigenvalue weighted by atomic mass is 79.9. The molecule has 10 heteroatoms. The average molecular weight is 571 g/mol. The largest absolute Gasteiger partial charge is 0.301 e. The molecule has 2 aromatic carbocycles. The molecule has 1 fully saturated rings. The number of fused-ring (bicyclic) bond motifs is 2. The van der Waals surface area contributed by atoms with E-state index in [1.807, 2.05) is 47.2 Å². The number of nitrogens with zero attached hydrogens (tertiary/aromatic N) is 6. The summed E-state index contributed by atoms with van der Waals surface area (Å²) in [5.41, 5.74) is 2.06. The third-order valence-electron chi connectivity index (χ3n) is 7.05. The normalized spacial score (nSPS) is 14.6. The first-order valence-corrected chi connectivity index (χ1v) is 13.3. The van der Waals surface area contributed by atoms with Crippen molar-refractivity contribution in [2.75, 3.05) is 0 Å². The number of nitro groups is 1. The standard InChI is InChI=1S/C28H23BrN6O3/c29-20-10-12-24-23(14-20)28(36)34(27(32-24)18-6-2-1-3-7-18)31-15-19-17-33(25-9-5-4-8-22(19)25)26-13-11-21(16-30-26)35(37)38/h4-5,8-18H,1-3,6-7H2. The fourth-order valence-electron chi connectivity index (χ4n) is 5.15. The van der Waals surface area contributed by atoms with Gasteiger partial charge in [-0.15, -0.1) is 0 Å². The number of rotatable bonds is 5. The second kappa shape index (κ2) is 9.94. The number of hydrogen-bond acceptors (Lipinski definition) is 6. The van der Waals surface area contributed by atoms with E-state index in [0.29, 0.717) is 22.5 Å². The Morgan fingerprint density at radius 1 is 1.05 bits per heavy atom. The highest BCUT2D eigenvalue weighted by molar-refractivity contribution is 9.10. The van der Waals surface area contributed by atoms with Crippen molar-refractivity contribution >= 4 is 49.6 Å². The van der Waals surface area contributed by atoms with Gasteiger partial charge >= 0.3 is 0 Å². The van der Waals surface area contributed by atoms with Crippen molar-refractivity contribution in [2.24, 2.45) is 5.10 Å². The van der Waals surface area contributed by atoms with Crippen molar-refractivity contribution in [2.45, 2.75) is 38.0 Å². The molecule has 1 aliphatic rings. The molecule has 0 N–H and O–H groups in total. The van der Waals surface area contributed by atoms with Gasteiger partial charge in [0.05, 0.1) is 27.6 Å². The lowest BCUT2D eigenvalue weighted by molar-refractivity contribution is -0.385. The van der Waals surface area contributed by atoms with E-state index in [1.54, 1.807) is 18.3 Å². The maximum Gasteiger partial charge on any atom is 0.287 e. The van der Waals surface area contributed by atoms with Crippen LogP contribution in [0.3, 0.4) is 0 Å². The van der Waals surface area contributed by atoms with Gasteiger partial charge in [-0.2, -0.15) is 9.78 Å². The van der Waals surface area contributed by atoms with Gasteiger partial charge in [0.25, 0.3) is 11.2 Å². The van der Waals surface area contributed by atoms with Crippen LogP contribution in [0.1, 0.15) is 49.4 Å². The van der Waals surface area contributed by atoms with Crippen molar-refractivity contribution in [1.82, 2.24) is 19.2 Å². The zero-order chi connectivity index (χ0) is 26.2. The smallest absolute Gasteiger partial charge is 0.287 e. The quantitative estimate of drug-likeness (QED) is 0.139. The number of halogens is 1. The molecule has 0 aliphatic heterocycles. The summed E-state index contributed by atoms with van der Waals surface area (Å²) in [5, 5.41) is 17.2. The number of para-hydroxylation sites is 1. The lowest BCUT2D eigenvalue weighted by atomic mass is 9.88. The molecule has 190 valence electrons. The topological polar surface area (TPSA) is 108 Å². The fraction of sp³-hybridized carbons (Fsp3) is 0.214. The van der Waals surface area contributed by atoms with Crippen LogP contribution in [0, 0.1) is 10.1 Å². The fourth-order valence-corrected chi connectivity index (χ4v) is 5.51. The molecule has 3 aromatic heterocycles. The van der Waals surface area contributed by atoms with Gasteiger partial charge in [-0.05, 0) is 43.2 Å². The van der Waals surface area contributed by atoms with E-state index in [-0.39, 0.29) is 17.2 Å². The Hall–Kier alpha value is -4.18. The van der Waals surface area contributed by atoms with Crippen LogP contribution < -0.4 is 5.56 Å². The third kappa shape index (κ3) is 4.41. The van der Waals surface area contributed by atoms with E-state index >= 15 is 0 Å². The predicted octanol–water partition coefficient (Wildman–Crippen LogP) is 6.34. The highest BCUT2D eigenvalue weighted by Crippen LogP contribution is 2.32. The molecule has 6 rings (SSSR count). The van der Waals surface area contributed by atoms with Crippen LogP contribution in [-0.2, 0) is 0 Å². The minimum absolute atomic E-state index is 0.0722. The highest BCUT2D eigenvalue weighted by Gasteiger charge is 2.22. The third-order valence-corrected chi connectivity index (χ3v) is 7.54.